The molecule has 0 bridgehead atoms. The van der Waals surface area contributed by atoms with Crippen LogP contribution in [0.2, 0.25) is 0 Å². The first-order valence-corrected chi connectivity index (χ1v) is 12.8. The SMILES string of the molecule is C=C[C@H]1CC[C@H]2[C@@H]3CCC4[C@H](O[C@@H]5OC[C@@H](O)[C@H](O)[C@H]5O)[C@@H](O)CC[C@]4(C)[C@H]3CC[C@]12C. The number of ether oxygens (including phenoxy) is 2. The minimum absolute atomic E-state index is 0.0803. The minimum Gasteiger partial charge on any atom is -0.390 e. The molecule has 4 aliphatic carbocycles. The Morgan fingerprint density at radius 1 is 0.812 bits per heavy atom. The van der Waals surface area contributed by atoms with E-state index in [-0.39, 0.29) is 17.9 Å². The van der Waals surface area contributed by atoms with E-state index in [0.717, 1.165) is 31.1 Å². The number of allylic oxidation sites excluding steroid dienone is 1. The zero-order valence-corrected chi connectivity index (χ0v) is 19.6. The summed E-state index contributed by atoms with van der Waals surface area (Å²) in [7, 11) is 0. The highest BCUT2D eigenvalue weighted by atomic mass is 16.7. The molecule has 6 nitrogen and oxygen atoms in total. The van der Waals surface area contributed by atoms with Gasteiger partial charge in [-0.05, 0) is 91.8 Å². The Morgan fingerprint density at radius 3 is 2.25 bits per heavy atom. The fraction of sp³-hybridized carbons (Fsp3) is 0.923. The summed E-state index contributed by atoms with van der Waals surface area (Å²) >= 11 is 0. The van der Waals surface area contributed by atoms with Gasteiger partial charge in [-0.1, -0.05) is 19.9 Å². The van der Waals surface area contributed by atoms with Crippen molar-refractivity contribution in [3.05, 3.63) is 12.7 Å². The lowest BCUT2D eigenvalue weighted by Crippen LogP contribution is -2.61. The van der Waals surface area contributed by atoms with E-state index in [1.54, 1.807) is 0 Å². The second-order valence-electron chi connectivity index (χ2n) is 12.0. The first-order valence-electron chi connectivity index (χ1n) is 12.8. The Balaban J connectivity index is 1.36. The summed E-state index contributed by atoms with van der Waals surface area (Å²) in [5, 5.41) is 41.2. The summed E-state index contributed by atoms with van der Waals surface area (Å²) in [5.41, 5.74) is 0.478. The van der Waals surface area contributed by atoms with E-state index in [9.17, 15) is 20.4 Å². The molecule has 32 heavy (non-hydrogen) atoms. The number of fused-ring (bicyclic) bond motifs is 5. The fourth-order valence-electron chi connectivity index (χ4n) is 8.95. The van der Waals surface area contributed by atoms with Crippen molar-refractivity contribution in [2.45, 2.75) is 102 Å². The molecule has 4 saturated carbocycles. The second kappa shape index (κ2) is 8.31. The van der Waals surface area contributed by atoms with Gasteiger partial charge in [0.1, 0.15) is 18.3 Å². The van der Waals surface area contributed by atoms with E-state index in [4.69, 9.17) is 9.47 Å². The van der Waals surface area contributed by atoms with Crippen molar-refractivity contribution >= 4 is 0 Å². The van der Waals surface area contributed by atoms with Gasteiger partial charge < -0.3 is 29.9 Å². The maximum atomic E-state index is 10.9. The zero-order valence-electron chi connectivity index (χ0n) is 19.6. The van der Waals surface area contributed by atoms with Gasteiger partial charge in [-0.25, -0.2) is 0 Å². The maximum Gasteiger partial charge on any atom is 0.186 e. The first-order chi connectivity index (χ1) is 15.2. The van der Waals surface area contributed by atoms with Crippen molar-refractivity contribution in [3.63, 3.8) is 0 Å². The number of hydrogen-bond donors (Lipinski definition) is 4. The van der Waals surface area contributed by atoms with Gasteiger partial charge in [-0.2, -0.15) is 0 Å². The fourth-order valence-corrected chi connectivity index (χ4v) is 8.95. The summed E-state index contributed by atoms with van der Waals surface area (Å²) in [6.07, 6.45) is 5.34. The highest BCUT2D eigenvalue weighted by molar-refractivity contribution is 5.12. The van der Waals surface area contributed by atoms with Crippen LogP contribution in [0.5, 0.6) is 0 Å². The van der Waals surface area contributed by atoms with Gasteiger partial charge in [-0.15, -0.1) is 6.58 Å². The van der Waals surface area contributed by atoms with Gasteiger partial charge >= 0.3 is 0 Å². The average molecular weight is 451 g/mol. The maximum absolute atomic E-state index is 10.9. The average Bonchev–Trinajstić information content (AvgIpc) is 3.12. The van der Waals surface area contributed by atoms with Crippen molar-refractivity contribution in [2.24, 2.45) is 40.4 Å². The molecule has 182 valence electrons. The van der Waals surface area contributed by atoms with Crippen molar-refractivity contribution < 1.29 is 29.9 Å². The van der Waals surface area contributed by atoms with E-state index in [1.807, 2.05) is 0 Å². The predicted molar refractivity (Wildman–Crippen MR) is 119 cm³/mol. The van der Waals surface area contributed by atoms with Gasteiger partial charge in [0.2, 0.25) is 0 Å². The molecular weight excluding hydrogens is 408 g/mol. The van der Waals surface area contributed by atoms with Crippen LogP contribution in [0.4, 0.5) is 0 Å². The molecule has 0 aromatic rings. The molecule has 0 aromatic heterocycles. The molecule has 1 saturated heterocycles. The molecule has 4 N–H and O–H groups in total. The molecule has 5 rings (SSSR count). The van der Waals surface area contributed by atoms with Crippen LogP contribution < -0.4 is 0 Å². The van der Waals surface area contributed by atoms with Gasteiger partial charge in [0, 0.05) is 0 Å². The lowest BCUT2D eigenvalue weighted by molar-refractivity contribution is -0.310. The third kappa shape index (κ3) is 3.36. The third-order valence-corrected chi connectivity index (χ3v) is 10.8. The molecule has 1 heterocycles. The second-order valence-corrected chi connectivity index (χ2v) is 12.0. The van der Waals surface area contributed by atoms with Crippen molar-refractivity contribution in [1.29, 1.82) is 0 Å². The number of aliphatic hydroxyl groups excluding tert-OH is 4. The van der Waals surface area contributed by atoms with Crippen molar-refractivity contribution in [2.75, 3.05) is 6.61 Å². The number of hydrogen-bond acceptors (Lipinski definition) is 6. The van der Waals surface area contributed by atoms with Gasteiger partial charge in [0.15, 0.2) is 6.29 Å². The molecule has 13 atom stereocenters. The Kier molecular flexibility index (Phi) is 6.04. The summed E-state index contributed by atoms with van der Waals surface area (Å²) in [6.45, 7) is 8.97. The predicted octanol–water partition coefficient (Wildman–Crippen LogP) is 2.63. The van der Waals surface area contributed by atoms with E-state index in [1.165, 1.54) is 25.7 Å². The summed E-state index contributed by atoms with van der Waals surface area (Å²) in [6, 6.07) is 0. The topological polar surface area (TPSA) is 99.4 Å². The van der Waals surface area contributed by atoms with Crippen LogP contribution in [-0.2, 0) is 9.47 Å². The van der Waals surface area contributed by atoms with E-state index in [2.05, 4.69) is 26.5 Å². The van der Waals surface area contributed by atoms with Crippen LogP contribution in [0.25, 0.3) is 0 Å². The highest BCUT2D eigenvalue weighted by Gasteiger charge is 2.62. The molecule has 0 amide bonds. The molecule has 1 aliphatic heterocycles. The highest BCUT2D eigenvalue weighted by Crippen LogP contribution is 2.67. The molecule has 0 aromatic carbocycles. The lowest BCUT2D eigenvalue weighted by atomic mass is 9.44. The summed E-state index contributed by atoms with van der Waals surface area (Å²) < 4.78 is 11.8. The molecule has 5 aliphatic rings. The summed E-state index contributed by atoms with van der Waals surface area (Å²) in [4.78, 5) is 0. The van der Waals surface area contributed by atoms with Crippen LogP contribution in [0.15, 0.2) is 12.7 Å². The lowest BCUT2D eigenvalue weighted by Gasteiger charge is -2.62. The Labute approximate surface area is 192 Å². The monoisotopic (exact) mass is 450 g/mol. The largest absolute Gasteiger partial charge is 0.390 e. The first kappa shape index (κ1) is 23.3. The Hall–Kier alpha value is -0.500. The van der Waals surface area contributed by atoms with Crippen molar-refractivity contribution in [1.82, 2.24) is 0 Å². The van der Waals surface area contributed by atoms with Gasteiger partial charge in [0.05, 0.1) is 18.8 Å². The number of rotatable bonds is 3. The Morgan fingerprint density at radius 2 is 1.50 bits per heavy atom. The van der Waals surface area contributed by atoms with E-state index < -0.39 is 36.8 Å². The zero-order chi connectivity index (χ0) is 22.8. The quantitative estimate of drug-likeness (QED) is 0.494. The number of aliphatic hydroxyl groups is 4. The van der Waals surface area contributed by atoms with Crippen LogP contribution in [-0.4, -0.2) is 63.8 Å². The van der Waals surface area contributed by atoms with E-state index in [0.29, 0.717) is 23.7 Å². The molecule has 0 spiro atoms. The van der Waals surface area contributed by atoms with Crippen molar-refractivity contribution in [3.8, 4) is 0 Å². The molecular formula is C26H42O6. The van der Waals surface area contributed by atoms with Crippen LogP contribution in [0.1, 0.15) is 65.2 Å². The van der Waals surface area contributed by atoms with Crippen LogP contribution in [0.3, 0.4) is 0 Å². The molecule has 6 heteroatoms. The van der Waals surface area contributed by atoms with Gasteiger partial charge in [0.25, 0.3) is 0 Å². The van der Waals surface area contributed by atoms with Crippen LogP contribution >= 0.6 is 0 Å². The van der Waals surface area contributed by atoms with Gasteiger partial charge in [-0.3, -0.25) is 0 Å². The minimum atomic E-state index is -1.32. The summed E-state index contributed by atoms with van der Waals surface area (Å²) in [5.74, 6) is 2.95. The van der Waals surface area contributed by atoms with Crippen LogP contribution in [0, 0.1) is 40.4 Å². The molecule has 1 unspecified atom stereocenters. The standard InChI is InChI=1S/C26H42O6/c1-4-14-5-7-16-15-6-8-18-23(32-24-22(30)21(29)20(28)13-31-24)19(27)10-12-26(18,3)17(15)9-11-25(14,16)2/h4,14-24,27-30H,1,5-13H2,2-3H3/t14-,15-,16-,17-,18?,19-,20+,21-,22+,23-,24-,25+,26+/m0/s1. The Bertz CT molecular complexity index is 714. The van der Waals surface area contributed by atoms with E-state index >= 15 is 0 Å². The molecule has 0 radical (unpaired) electrons. The normalized spacial score (nSPS) is 57.9. The smallest absolute Gasteiger partial charge is 0.186 e. The molecule has 5 fully saturated rings. The third-order valence-electron chi connectivity index (χ3n) is 10.8.